The fourth-order valence-corrected chi connectivity index (χ4v) is 2.42. The van der Waals surface area contributed by atoms with Crippen molar-refractivity contribution in [3.8, 4) is 0 Å². The molecule has 0 radical (unpaired) electrons. The van der Waals surface area contributed by atoms with Crippen molar-refractivity contribution in [2.24, 2.45) is 10.2 Å². The van der Waals surface area contributed by atoms with Gasteiger partial charge in [-0.05, 0) is 18.2 Å². The number of thioether (sulfide) groups is 1. The number of H-pyrrole nitrogens is 1. The van der Waals surface area contributed by atoms with Gasteiger partial charge in [-0.15, -0.1) is 5.10 Å². The van der Waals surface area contributed by atoms with Crippen molar-refractivity contribution in [2.45, 2.75) is 0 Å². The topological polar surface area (TPSA) is 69.6 Å². The molecule has 1 fully saturated rings. The Bertz CT molecular complexity index is 707. The second-order valence-electron chi connectivity index (χ2n) is 3.92. The lowest BCUT2D eigenvalue weighted by Crippen LogP contribution is -2.19. The molecular formula is C12H9FN4OS. The summed E-state index contributed by atoms with van der Waals surface area (Å²) in [5.74, 6) is -0.0592. The standard InChI is InChI=1S/C12H9FN4OS/c13-9-3-7-1-2-14-11(7)8(4-9)5-15-17-12-16-10(18)6-19-12/h1-5,14H,6H2,(H,16,17,18). The SMILES string of the molecule is O=C1CSC(=NN=Cc2cc(F)cc3cc[nH]c23)N1. The number of aromatic amines is 1. The lowest BCUT2D eigenvalue weighted by atomic mass is 10.1. The lowest BCUT2D eigenvalue weighted by Gasteiger charge is -1.97. The van der Waals surface area contributed by atoms with E-state index in [-0.39, 0.29) is 11.7 Å². The second-order valence-corrected chi connectivity index (χ2v) is 4.89. The van der Waals surface area contributed by atoms with Gasteiger partial charge in [-0.3, -0.25) is 4.79 Å². The molecule has 0 aliphatic carbocycles. The number of carbonyl (C=O) groups excluding carboxylic acids is 1. The van der Waals surface area contributed by atoms with Crippen molar-refractivity contribution in [3.05, 3.63) is 35.8 Å². The Labute approximate surface area is 112 Å². The first-order valence-corrected chi connectivity index (χ1v) is 6.51. The fraction of sp³-hybridized carbons (Fsp3) is 0.0833. The highest BCUT2D eigenvalue weighted by atomic mass is 32.2. The van der Waals surface area contributed by atoms with Gasteiger partial charge in [-0.25, -0.2) is 4.39 Å². The van der Waals surface area contributed by atoms with Gasteiger partial charge < -0.3 is 10.3 Å². The van der Waals surface area contributed by atoms with E-state index in [4.69, 9.17) is 0 Å². The first-order chi connectivity index (χ1) is 9.22. The first-order valence-electron chi connectivity index (χ1n) is 5.53. The second kappa shape index (κ2) is 4.85. The summed E-state index contributed by atoms with van der Waals surface area (Å²) < 4.78 is 13.4. The predicted octanol–water partition coefficient (Wildman–Crippen LogP) is 1.86. The van der Waals surface area contributed by atoms with Crippen LogP contribution >= 0.6 is 11.8 Å². The van der Waals surface area contributed by atoms with E-state index in [0.29, 0.717) is 16.5 Å². The zero-order valence-electron chi connectivity index (χ0n) is 9.68. The number of nitrogens with zero attached hydrogens (tertiary/aromatic N) is 2. The van der Waals surface area contributed by atoms with Gasteiger partial charge in [0.25, 0.3) is 0 Å². The molecule has 1 amide bonds. The summed E-state index contributed by atoms with van der Waals surface area (Å²) in [5.41, 5.74) is 1.41. The molecule has 0 unspecified atom stereocenters. The minimum Gasteiger partial charge on any atom is -0.361 e. The summed E-state index contributed by atoms with van der Waals surface area (Å²) in [6.45, 7) is 0. The molecular weight excluding hydrogens is 267 g/mol. The summed E-state index contributed by atoms with van der Waals surface area (Å²) in [5, 5.41) is 11.5. The number of fused-ring (bicyclic) bond motifs is 1. The van der Waals surface area contributed by atoms with Crippen LogP contribution in [0.3, 0.4) is 0 Å². The van der Waals surface area contributed by atoms with Crippen molar-refractivity contribution >= 4 is 40.0 Å². The minimum absolute atomic E-state index is 0.0866. The number of aromatic nitrogens is 1. The van der Waals surface area contributed by atoms with Gasteiger partial charge in [0.15, 0.2) is 5.17 Å². The number of amidine groups is 1. The van der Waals surface area contributed by atoms with Gasteiger partial charge in [0.2, 0.25) is 5.91 Å². The van der Waals surface area contributed by atoms with Gasteiger partial charge >= 0.3 is 0 Å². The summed E-state index contributed by atoms with van der Waals surface area (Å²) in [7, 11) is 0. The molecule has 1 aliphatic heterocycles. The van der Waals surface area contributed by atoms with E-state index in [1.807, 2.05) is 0 Å². The maximum absolute atomic E-state index is 13.4. The number of nitrogens with one attached hydrogen (secondary N) is 2. The molecule has 1 aromatic carbocycles. The largest absolute Gasteiger partial charge is 0.361 e. The molecule has 96 valence electrons. The first kappa shape index (κ1) is 11.9. The third-order valence-electron chi connectivity index (χ3n) is 2.59. The smallest absolute Gasteiger partial charge is 0.236 e. The van der Waals surface area contributed by atoms with Crippen LogP contribution in [-0.2, 0) is 4.79 Å². The Balaban J connectivity index is 1.88. The van der Waals surface area contributed by atoms with E-state index in [1.165, 1.54) is 30.1 Å². The fourth-order valence-electron chi connectivity index (χ4n) is 1.79. The zero-order valence-corrected chi connectivity index (χ0v) is 10.5. The van der Waals surface area contributed by atoms with Gasteiger partial charge in [-0.1, -0.05) is 11.8 Å². The van der Waals surface area contributed by atoms with Crippen LogP contribution in [0.2, 0.25) is 0 Å². The zero-order chi connectivity index (χ0) is 13.2. The number of rotatable bonds is 2. The van der Waals surface area contributed by atoms with Crippen molar-refractivity contribution in [1.82, 2.24) is 10.3 Å². The van der Waals surface area contributed by atoms with E-state index in [2.05, 4.69) is 20.5 Å². The highest BCUT2D eigenvalue weighted by molar-refractivity contribution is 8.15. The summed E-state index contributed by atoms with van der Waals surface area (Å²) in [6, 6.07) is 4.61. The molecule has 3 rings (SSSR count). The Morgan fingerprint density at radius 1 is 1.42 bits per heavy atom. The van der Waals surface area contributed by atoms with Gasteiger partial charge in [0, 0.05) is 17.1 Å². The molecule has 2 aromatic rings. The van der Waals surface area contributed by atoms with Crippen molar-refractivity contribution in [1.29, 1.82) is 0 Å². The quantitative estimate of drug-likeness (QED) is 0.649. The molecule has 0 spiro atoms. The highest BCUT2D eigenvalue weighted by Gasteiger charge is 2.15. The molecule has 0 bridgehead atoms. The normalized spacial score (nSPS) is 17.7. The maximum Gasteiger partial charge on any atom is 0.236 e. The number of amides is 1. The van der Waals surface area contributed by atoms with E-state index in [0.717, 1.165) is 10.9 Å². The van der Waals surface area contributed by atoms with Crippen molar-refractivity contribution in [3.63, 3.8) is 0 Å². The van der Waals surface area contributed by atoms with Gasteiger partial charge in [0.05, 0.1) is 17.5 Å². The van der Waals surface area contributed by atoms with Crippen LogP contribution in [-0.4, -0.2) is 28.0 Å². The average molecular weight is 276 g/mol. The number of carbonyl (C=O) groups is 1. The molecule has 0 atom stereocenters. The van der Waals surface area contributed by atoms with Crippen molar-refractivity contribution < 1.29 is 9.18 Å². The van der Waals surface area contributed by atoms with E-state index in [1.54, 1.807) is 12.3 Å². The van der Waals surface area contributed by atoms with Crippen LogP contribution in [0.15, 0.2) is 34.6 Å². The monoisotopic (exact) mass is 276 g/mol. The third-order valence-corrected chi connectivity index (χ3v) is 3.45. The summed E-state index contributed by atoms with van der Waals surface area (Å²) in [6.07, 6.45) is 3.19. The molecule has 1 aliphatic rings. The Kier molecular flexibility index (Phi) is 3.04. The Morgan fingerprint density at radius 3 is 3.11 bits per heavy atom. The molecule has 19 heavy (non-hydrogen) atoms. The van der Waals surface area contributed by atoms with Crippen LogP contribution in [0.25, 0.3) is 10.9 Å². The molecule has 2 N–H and O–H groups in total. The molecule has 5 nitrogen and oxygen atoms in total. The van der Waals surface area contributed by atoms with E-state index >= 15 is 0 Å². The Hall–Kier alpha value is -2.15. The maximum atomic E-state index is 13.4. The average Bonchev–Trinajstić information content (AvgIpc) is 2.98. The van der Waals surface area contributed by atoms with Gasteiger partial charge in [-0.2, -0.15) is 5.10 Å². The lowest BCUT2D eigenvalue weighted by molar-refractivity contribution is -0.116. The van der Waals surface area contributed by atoms with Crippen LogP contribution in [0.4, 0.5) is 4.39 Å². The van der Waals surface area contributed by atoms with E-state index < -0.39 is 0 Å². The van der Waals surface area contributed by atoms with Crippen LogP contribution in [0.1, 0.15) is 5.56 Å². The predicted molar refractivity (Wildman–Crippen MR) is 73.9 cm³/mol. The molecule has 1 aromatic heterocycles. The third kappa shape index (κ3) is 2.50. The number of halogens is 1. The highest BCUT2D eigenvalue weighted by Crippen LogP contribution is 2.18. The minimum atomic E-state index is -0.329. The number of hydrogen-bond acceptors (Lipinski definition) is 4. The van der Waals surface area contributed by atoms with Gasteiger partial charge in [0.1, 0.15) is 5.82 Å². The summed E-state index contributed by atoms with van der Waals surface area (Å²) >= 11 is 1.29. The van der Waals surface area contributed by atoms with E-state index in [9.17, 15) is 9.18 Å². The Morgan fingerprint density at radius 2 is 2.32 bits per heavy atom. The molecule has 0 saturated carbocycles. The number of hydrogen-bond donors (Lipinski definition) is 2. The van der Waals surface area contributed by atoms with Crippen molar-refractivity contribution in [2.75, 3.05) is 5.75 Å². The summed E-state index contributed by atoms with van der Waals surface area (Å²) in [4.78, 5) is 14.0. The molecule has 2 heterocycles. The van der Waals surface area contributed by atoms with Crippen LogP contribution in [0, 0.1) is 5.82 Å². The van der Waals surface area contributed by atoms with Crippen LogP contribution in [0.5, 0.6) is 0 Å². The molecule has 7 heteroatoms. The van der Waals surface area contributed by atoms with Crippen LogP contribution < -0.4 is 5.32 Å². The molecule has 1 saturated heterocycles. The number of benzene rings is 1.